The first-order chi connectivity index (χ1) is 6.72. The molecule has 0 saturated heterocycles. The summed E-state index contributed by atoms with van der Waals surface area (Å²) in [6.07, 6.45) is 0. The molecule has 0 aliphatic heterocycles. The first kappa shape index (κ1) is 8.96. The Balaban J connectivity index is 2.70. The van der Waals surface area contributed by atoms with Crippen molar-refractivity contribution in [2.45, 2.75) is 5.22 Å². The number of rotatable bonds is 1. The van der Waals surface area contributed by atoms with Crippen molar-refractivity contribution >= 4 is 29.7 Å². The molecule has 0 atom stereocenters. The number of fused-ring (bicyclic) bond motifs is 1. The number of oxazole rings is 1. The summed E-state index contributed by atoms with van der Waals surface area (Å²) in [7, 11) is 1.32. The van der Waals surface area contributed by atoms with Gasteiger partial charge in [-0.2, -0.15) is 4.98 Å². The van der Waals surface area contributed by atoms with Gasteiger partial charge in [0.2, 0.25) is 0 Å². The Bertz CT molecular complexity index is 492. The predicted molar refractivity (Wildman–Crippen MR) is 51.2 cm³/mol. The second-order valence-corrected chi connectivity index (χ2v) is 2.97. The smallest absolute Gasteiger partial charge is 0.340 e. The third-order valence-electron chi connectivity index (χ3n) is 1.80. The summed E-state index contributed by atoms with van der Waals surface area (Å²) in [4.78, 5) is 15.2. The van der Waals surface area contributed by atoms with E-state index in [1.165, 1.54) is 7.11 Å². The highest BCUT2D eigenvalue weighted by Gasteiger charge is 2.14. The van der Waals surface area contributed by atoms with E-state index in [1.54, 1.807) is 18.2 Å². The fourth-order valence-corrected chi connectivity index (χ4v) is 1.38. The van der Waals surface area contributed by atoms with Gasteiger partial charge in [0.25, 0.3) is 5.22 Å². The maximum atomic E-state index is 11.3. The van der Waals surface area contributed by atoms with Crippen LogP contribution in [0.25, 0.3) is 11.1 Å². The van der Waals surface area contributed by atoms with Gasteiger partial charge in [0.15, 0.2) is 5.58 Å². The van der Waals surface area contributed by atoms with Crippen molar-refractivity contribution in [2.24, 2.45) is 0 Å². The average Bonchev–Trinajstić information content (AvgIpc) is 2.56. The molecule has 0 spiro atoms. The molecule has 0 amide bonds. The van der Waals surface area contributed by atoms with Crippen LogP contribution >= 0.6 is 12.6 Å². The SMILES string of the molecule is COC(=O)c1cccc2oc([S])nc12. The molecule has 0 aliphatic rings. The number of nitrogens with zero attached hydrogens (tertiary/aromatic N) is 1. The minimum absolute atomic E-state index is 0.122. The number of esters is 1. The minimum Gasteiger partial charge on any atom is -0.465 e. The molecule has 2 aromatic rings. The summed E-state index contributed by atoms with van der Waals surface area (Å²) in [5.41, 5.74) is 1.31. The van der Waals surface area contributed by atoms with Crippen LogP contribution in [0.5, 0.6) is 0 Å². The number of hydrogen-bond donors (Lipinski definition) is 0. The molecule has 4 nitrogen and oxygen atoms in total. The third kappa shape index (κ3) is 1.31. The van der Waals surface area contributed by atoms with Gasteiger partial charge in [-0.3, -0.25) is 0 Å². The van der Waals surface area contributed by atoms with E-state index >= 15 is 0 Å². The number of benzene rings is 1. The number of carbonyl (C=O) groups excluding carboxylic acids is 1. The molecular formula is C9H6NO3S. The van der Waals surface area contributed by atoms with E-state index in [1.807, 2.05) is 0 Å². The number of carbonyl (C=O) groups is 1. The molecule has 1 aromatic heterocycles. The van der Waals surface area contributed by atoms with Gasteiger partial charge in [0.1, 0.15) is 5.52 Å². The van der Waals surface area contributed by atoms with Gasteiger partial charge in [-0.25, -0.2) is 4.79 Å². The number of para-hydroxylation sites is 1. The first-order valence-electron chi connectivity index (χ1n) is 3.87. The Hall–Kier alpha value is -1.62. The zero-order chi connectivity index (χ0) is 10.1. The molecule has 5 heteroatoms. The van der Waals surface area contributed by atoms with Crippen molar-refractivity contribution in [1.29, 1.82) is 0 Å². The lowest BCUT2D eigenvalue weighted by molar-refractivity contribution is 0.0603. The van der Waals surface area contributed by atoms with Crippen molar-refractivity contribution in [2.75, 3.05) is 7.11 Å². The number of ether oxygens (including phenoxy) is 1. The van der Waals surface area contributed by atoms with Gasteiger partial charge in [0.05, 0.1) is 12.7 Å². The molecule has 0 bridgehead atoms. The molecule has 0 unspecified atom stereocenters. The van der Waals surface area contributed by atoms with Crippen LogP contribution in [-0.4, -0.2) is 18.1 Å². The summed E-state index contributed by atoms with van der Waals surface area (Å²) in [6, 6.07) is 5.00. The summed E-state index contributed by atoms with van der Waals surface area (Å²) in [5.74, 6) is -0.445. The highest BCUT2D eigenvalue weighted by Crippen LogP contribution is 2.21. The van der Waals surface area contributed by atoms with Crippen LogP contribution in [0.2, 0.25) is 0 Å². The molecule has 1 aromatic carbocycles. The Morgan fingerprint density at radius 1 is 1.57 bits per heavy atom. The van der Waals surface area contributed by atoms with E-state index in [0.29, 0.717) is 16.7 Å². The molecule has 0 fully saturated rings. The molecular weight excluding hydrogens is 202 g/mol. The van der Waals surface area contributed by atoms with Crippen LogP contribution in [0.3, 0.4) is 0 Å². The highest BCUT2D eigenvalue weighted by molar-refractivity contribution is 7.80. The van der Waals surface area contributed by atoms with Crippen LogP contribution in [-0.2, 0) is 4.74 Å². The Morgan fingerprint density at radius 2 is 2.36 bits per heavy atom. The second-order valence-electron chi connectivity index (χ2n) is 2.62. The third-order valence-corrected chi connectivity index (χ3v) is 1.98. The van der Waals surface area contributed by atoms with E-state index < -0.39 is 5.97 Å². The molecule has 2 rings (SSSR count). The summed E-state index contributed by atoms with van der Waals surface area (Å²) >= 11 is 4.77. The van der Waals surface area contributed by atoms with Gasteiger partial charge >= 0.3 is 5.97 Å². The summed E-state index contributed by atoms with van der Waals surface area (Å²) in [6.45, 7) is 0. The summed E-state index contributed by atoms with van der Waals surface area (Å²) < 4.78 is 9.70. The largest absolute Gasteiger partial charge is 0.465 e. The van der Waals surface area contributed by atoms with E-state index in [9.17, 15) is 4.79 Å². The van der Waals surface area contributed by atoms with Crippen LogP contribution in [0, 0.1) is 0 Å². The predicted octanol–water partition coefficient (Wildman–Crippen LogP) is 2.17. The molecule has 71 valence electrons. The van der Waals surface area contributed by atoms with E-state index in [4.69, 9.17) is 17.0 Å². The van der Waals surface area contributed by atoms with Gasteiger partial charge in [-0.05, 0) is 24.8 Å². The molecule has 1 radical (unpaired) electrons. The van der Waals surface area contributed by atoms with Crippen molar-refractivity contribution < 1.29 is 13.9 Å². The molecule has 14 heavy (non-hydrogen) atoms. The van der Waals surface area contributed by atoms with Crippen LogP contribution < -0.4 is 0 Å². The molecule has 1 heterocycles. The van der Waals surface area contributed by atoms with Gasteiger partial charge < -0.3 is 9.15 Å². The molecule has 0 aliphatic carbocycles. The second kappa shape index (κ2) is 3.26. The average molecular weight is 208 g/mol. The van der Waals surface area contributed by atoms with Crippen molar-refractivity contribution in [3.8, 4) is 0 Å². The number of aromatic nitrogens is 1. The van der Waals surface area contributed by atoms with Crippen LogP contribution in [0.4, 0.5) is 0 Å². The van der Waals surface area contributed by atoms with E-state index in [-0.39, 0.29) is 5.22 Å². The topological polar surface area (TPSA) is 52.3 Å². The Kier molecular flexibility index (Phi) is 2.09. The van der Waals surface area contributed by atoms with Gasteiger partial charge in [-0.1, -0.05) is 6.07 Å². The molecule has 0 N–H and O–H groups in total. The fraction of sp³-hybridized carbons (Fsp3) is 0.111. The van der Waals surface area contributed by atoms with Crippen molar-refractivity contribution in [3.63, 3.8) is 0 Å². The van der Waals surface area contributed by atoms with Crippen molar-refractivity contribution in [3.05, 3.63) is 23.8 Å². The van der Waals surface area contributed by atoms with Crippen LogP contribution in [0.15, 0.2) is 27.8 Å². The van der Waals surface area contributed by atoms with Crippen LogP contribution in [0.1, 0.15) is 10.4 Å². The highest BCUT2D eigenvalue weighted by atomic mass is 32.1. The zero-order valence-electron chi connectivity index (χ0n) is 7.31. The van der Waals surface area contributed by atoms with E-state index in [2.05, 4.69) is 9.72 Å². The van der Waals surface area contributed by atoms with Gasteiger partial charge in [-0.15, -0.1) is 0 Å². The Morgan fingerprint density at radius 3 is 3.07 bits per heavy atom. The maximum absolute atomic E-state index is 11.3. The minimum atomic E-state index is -0.445. The number of methoxy groups -OCH3 is 1. The fourth-order valence-electron chi connectivity index (χ4n) is 1.20. The first-order valence-corrected chi connectivity index (χ1v) is 4.28. The van der Waals surface area contributed by atoms with Gasteiger partial charge in [0, 0.05) is 0 Å². The standard InChI is InChI=1S/C9H6NO3S/c1-12-8(11)5-3-2-4-6-7(5)10-9(14)13-6/h2-4H,1H3. The summed E-state index contributed by atoms with van der Waals surface area (Å²) in [5, 5.41) is 0.122. The van der Waals surface area contributed by atoms with E-state index in [0.717, 1.165) is 0 Å². The number of hydrogen-bond acceptors (Lipinski definition) is 4. The monoisotopic (exact) mass is 208 g/mol. The maximum Gasteiger partial charge on any atom is 0.340 e. The lowest BCUT2D eigenvalue weighted by atomic mass is 10.2. The lowest BCUT2D eigenvalue weighted by Gasteiger charge is -1.97. The molecule has 0 saturated carbocycles. The normalized spacial score (nSPS) is 10.4. The van der Waals surface area contributed by atoms with Crippen molar-refractivity contribution in [1.82, 2.24) is 4.98 Å². The zero-order valence-corrected chi connectivity index (χ0v) is 8.13. The Labute approximate surface area is 85.3 Å². The lowest BCUT2D eigenvalue weighted by Crippen LogP contribution is -2.01. The quantitative estimate of drug-likeness (QED) is 0.674.